The first-order chi connectivity index (χ1) is 32.7. The summed E-state index contributed by atoms with van der Waals surface area (Å²) in [6.07, 6.45) is 6.64. The second-order valence-corrected chi connectivity index (χ2v) is 20.6. The minimum absolute atomic E-state index is 0.0231. The number of fused-ring (bicyclic) bond motifs is 3. The molecule has 6 aliphatic rings. The number of aromatic nitrogens is 4. The number of likely N-dealkylation sites (tertiary alicyclic amines) is 2. The Morgan fingerprint density at radius 1 is 0.647 bits per heavy atom. The van der Waals surface area contributed by atoms with Gasteiger partial charge in [-0.2, -0.15) is 0 Å². The van der Waals surface area contributed by atoms with Crippen LogP contribution in [0.15, 0.2) is 48.8 Å². The van der Waals surface area contributed by atoms with Crippen molar-refractivity contribution in [1.82, 2.24) is 40.4 Å². The molecule has 0 bridgehead atoms. The summed E-state index contributed by atoms with van der Waals surface area (Å²) in [4.78, 5) is 75.0. The minimum Gasteiger partial charge on any atom is -0.453 e. The zero-order valence-electron chi connectivity index (χ0n) is 40.2. The number of nitrogens with zero attached hydrogens (tertiary/aromatic N) is 4. The number of piperidine rings is 2. The van der Waals surface area contributed by atoms with Crippen molar-refractivity contribution < 1.29 is 38.1 Å². The molecular formula is C52H64N8O8. The first kappa shape index (κ1) is 45.8. The van der Waals surface area contributed by atoms with Crippen LogP contribution in [0.4, 0.5) is 9.59 Å². The van der Waals surface area contributed by atoms with Gasteiger partial charge in [0, 0.05) is 35.6 Å². The lowest BCUT2D eigenvalue weighted by Gasteiger charge is -2.39. The summed E-state index contributed by atoms with van der Waals surface area (Å²) >= 11 is 0. The van der Waals surface area contributed by atoms with Gasteiger partial charge >= 0.3 is 12.2 Å². The average molecular weight is 929 g/mol. The van der Waals surface area contributed by atoms with Gasteiger partial charge in [-0.1, -0.05) is 38.0 Å². The van der Waals surface area contributed by atoms with E-state index in [0.29, 0.717) is 60.9 Å². The molecule has 16 heteroatoms. The van der Waals surface area contributed by atoms with Gasteiger partial charge in [0.2, 0.25) is 11.8 Å². The molecule has 0 spiro atoms. The molecule has 68 heavy (non-hydrogen) atoms. The number of carbonyl (C=O) groups excluding carboxylic acids is 4. The number of imidazole rings is 2. The summed E-state index contributed by atoms with van der Waals surface area (Å²) in [6.45, 7) is 12.4. The molecule has 4 saturated heterocycles. The molecule has 4 aromatic rings. The van der Waals surface area contributed by atoms with Crippen LogP contribution in [0, 0.1) is 47.3 Å². The van der Waals surface area contributed by atoms with Gasteiger partial charge in [0.1, 0.15) is 29.4 Å². The van der Waals surface area contributed by atoms with E-state index in [2.05, 4.69) is 76.6 Å². The van der Waals surface area contributed by atoms with E-state index in [-0.39, 0.29) is 72.2 Å². The van der Waals surface area contributed by atoms with E-state index in [1.54, 1.807) is 6.20 Å². The molecule has 16 atom stereocenters. The number of alkyl carbamates (subject to hydrolysis) is 2. The Morgan fingerprint density at radius 2 is 1.13 bits per heavy atom. The molecule has 2 saturated carbocycles. The van der Waals surface area contributed by atoms with Crippen molar-refractivity contribution in [1.29, 1.82) is 0 Å². The smallest absolute Gasteiger partial charge is 0.407 e. The van der Waals surface area contributed by atoms with Crippen molar-refractivity contribution in [3.05, 3.63) is 71.7 Å². The van der Waals surface area contributed by atoms with E-state index >= 15 is 0 Å². The highest BCUT2D eigenvalue weighted by atomic mass is 16.5. The average Bonchev–Trinajstić information content (AvgIpc) is 3.77. The quantitative estimate of drug-likeness (QED) is 0.127. The maximum absolute atomic E-state index is 14.6. The van der Waals surface area contributed by atoms with Crippen molar-refractivity contribution >= 4 is 34.8 Å². The molecule has 7 unspecified atom stereocenters. The van der Waals surface area contributed by atoms with Gasteiger partial charge in [0.15, 0.2) is 0 Å². The molecule has 16 nitrogen and oxygen atoms in total. The van der Waals surface area contributed by atoms with Crippen molar-refractivity contribution in [2.24, 2.45) is 35.5 Å². The van der Waals surface area contributed by atoms with Gasteiger partial charge in [-0.3, -0.25) is 9.59 Å². The van der Waals surface area contributed by atoms with E-state index in [0.717, 1.165) is 46.3 Å². The van der Waals surface area contributed by atoms with Gasteiger partial charge < -0.3 is 49.3 Å². The molecule has 360 valence electrons. The molecule has 2 aromatic heterocycles. The molecule has 0 radical (unpaired) electrons. The lowest BCUT2D eigenvalue weighted by molar-refractivity contribution is -0.141. The fraction of sp³-hybridized carbons (Fsp3) is 0.577. The predicted octanol–water partition coefficient (Wildman–Crippen LogP) is 7.03. The summed E-state index contributed by atoms with van der Waals surface area (Å²) in [6, 6.07) is 10.6. The highest BCUT2D eigenvalue weighted by molar-refractivity contribution is 5.89. The highest BCUT2D eigenvalue weighted by Crippen LogP contribution is 2.59. The predicted molar refractivity (Wildman–Crippen MR) is 252 cm³/mol. The monoisotopic (exact) mass is 928 g/mol. The summed E-state index contributed by atoms with van der Waals surface area (Å²) < 4.78 is 21.9. The third kappa shape index (κ3) is 8.72. The van der Waals surface area contributed by atoms with E-state index in [1.165, 1.54) is 14.2 Å². The number of aromatic amines is 2. The van der Waals surface area contributed by atoms with Crippen LogP contribution in [-0.2, 0) is 28.5 Å². The van der Waals surface area contributed by atoms with E-state index in [1.807, 2.05) is 49.8 Å². The number of carbonyl (C=O) groups is 4. The normalized spacial score (nSPS) is 33.4. The Bertz CT molecular complexity index is 2630. The number of rotatable bonds is 9. The Kier molecular flexibility index (Phi) is 12.3. The van der Waals surface area contributed by atoms with Crippen molar-refractivity contribution in [2.75, 3.05) is 14.2 Å². The van der Waals surface area contributed by atoms with Gasteiger partial charge in [-0.15, -0.1) is 0 Å². The number of hydrogen-bond donors (Lipinski definition) is 4. The zero-order chi connectivity index (χ0) is 47.7. The molecule has 4 N–H and O–H groups in total. The molecular weight excluding hydrogens is 865 g/mol. The number of ether oxygens (including phenoxy) is 4. The number of benzene rings is 2. The van der Waals surface area contributed by atoms with Crippen LogP contribution in [0.2, 0.25) is 0 Å². The third-order valence-corrected chi connectivity index (χ3v) is 16.0. The standard InChI is InChI=1S/C52H64N8O8/c1-25-15-35(16-26(2)67-25)43(57-51(63)65-7)49(61)59-41(21-38-29(5)45(38)59)47-53-23-37(55-47)14-10-31-9-11-33-20-34(13-12-32(33)19-31)40-24-54-48(56-40)42-22-39-30(6)46(39)60(42)50(62)44(58-52(64)66-8)36-17-27(3)68-28(4)18-36/h9,11-13,19-20,23-30,35-36,38-39,41-46H,15-18,21-22H2,1-8H3,(H,53,55)(H,54,56)(H,57,63)(H,58,64)/t25-,26+,27-,28+,29-,30?,35+,36+,38?,39?,41+,42+,43?,44?,45?,46?/m1/s1. The lowest BCUT2D eigenvalue weighted by atomic mass is 9.85. The molecule has 2 aromatic carbocycles. The molecule has 10 rings (SSSR count). The summed E-state index contributed by atoms with van der Waals surface area (Å²) in [5.74, 6) is 9.10. The van der Waals surface area contributed by atoms with Crippen molar-refractivity contribution in [3.8, 4) is 23.1 Å². The second kappa shape index (κ2) is 18.2. The molecule has 4 amide bonds. The Hall–Kier alpha value is -5.92. The molecule has 6 heterocycles. The van der Waals surface area contributed by atoms with Gasteiger partial charge in [0.05, 0.1) is 56.4 Å². The van der Waals surface area contributed by atoms with E-state index in [4.69, 9.17) is 28.9 Å². The van der Waals surface area contributed by atoms with Crippen LogP contribution in [0.3, 0.4) is 0 Å². The Balaban J connectivity index is 0.833. The van der Waals surface area contributed by atoms with Crippen LogP contribution in [0.25, 0.3) is 22.0 Å². The zero-order valence-corrected chi connectivity index (χ0v) is 40.2. The third-order valence-electron chi connectivity index (χ3n) is 16.0. The number of hydrogen-bond acceptors (Lipinski definition) is 10. The van der Waals surface area contributed by atoms with E-state index < -0.39 is 24.3 Å². The van der Waals surface area contributed by atoms with Gasteiger partial charge in [-0.05, 0) is 137 Å². The van der Waals surface area contributed by atoms with Crippen LogP contribution in [0.5, 0.6) is 0 Å². The molecule has 2 aliphatic carbocycles. The second-order valence-electron chi connectivity index (χ2n) is 20.6. The minimum atomic E-state index is -0.733. The van der Waals surface area contributed by atoms with Crippen LogP contribution < -0.4 is 10.6 Å². The first-order valence-electron chi connectivity index (χ1n) is 24.5. The summed E-state index contributed by atoms with van der Waals surface area (Å²) in [5, 5.41) is 7.86. The number of nitrogens with one attached hydrogen (secondary N) is 4. The Labute approximate surface area is 397 Å². The number of methoxy groups -OCH3 is 2. The maximum atomic E-state index is 14.6. The maximum Gasteiger partial charge on any atom is 0.407 e. The van der Waals surface area contributed by atoms with Crippen LogP contribution >= 0.6 is 0 Å². The van der Waals surface area contributed by atoms with Crippen molar-refractivity contribution in [3.63, 3.8) is 0 Å². The molecule has 4 aliphatic heterocycles. The van der Waals surface area contributed by atoms with Gasteiger partial charge in [-0.25, -0.2) is 19.6 Å². The van der Waals surface area contributed by atoms with Gasteiger partial charge in [0.25, 0.3) is 0 Å². The fourth-order valence-electron chi connectivity index (χ4n) is 12.7. The van der Waals surface area contributed by atoms with Crippen LogP contribution in [-0.4, -0.2) is 117 Å². The van der Waals surface area contributed by atoms with Crippen LogP contribution in [0.1, 0.15) is 115 Å². The fourth-order valence-corrected chi connectivity index (χ4v) is 12.7. The molecule has 6 fully saturated rings. The van der Waals surface area contributed by atoms with Crippen molar-refractivity contribution in [2.45, 2.75) is 141 Å². The lowest BCUT2D eigenvalue weighted by Crippen LogP contribution is -2.55. The highest BCUT2D eigenvalue weighted by Gasteiger charge is 2.63. The number of H-pyrrole nitrogens is 2. The summed E-state index contributed by atoms with van der Waals surface area (Å²) in [7, 11) is 2.64. The van der Waals surface area contributed by atoms with E-state index in [9.17, 15) is 19.2 Å². The largest absolute Gasteiger partial charge is 0.453 e. The Morgan fingerprint density at radius 3 is 1.66 bits per heavy atom. The SMILES string of the molecule is COC(=O)NC(C(=O)N1C2C(C)C2C[C@H]1c1nc(-c2ccc3cc(C#Cc4c[nH]c([C@@H]5CC6C([C@@H]6C)N5C(=O)C(NC(=O)OC)[C@H]5C[C@@H](C)O[C@@H](C)C5)n4)ccc3c2)c[nH]1)[C@H]1C[C@@H](C)O[C@@H](C)C1. The topological polar surface area (TPSA) is 193 Å². The first-order valence-corrected chi connectivity index (χ1v) is 24.5. The number of amides is 4. The summed E-state index contributed by atoms with van der Waals surface area (Å²) in [5.41, 5.74) is 3.15.